The molecule has 116 valence electrons. The first kappa shape index (κ1) is 15.0. The second-order valence-electron chi connectivity index (χ2n) is 6.78. The van der Waals surface area contributed by atoms with E-state index in [2.05, 4.69) is 24.1 Å². The van der Waals surface area contributed by atoms with Gasteiger partial charge in [0.1, 0.15) is 0 Å². The average Bonchev–Trinajstić information content (AvgIpc) is 2.52. The van der Waals surface area contributed by atoms with Crippen LogP contribution in [0.15, 0.2) is 47.5 Å². The highest BCUT2D eigenvalue weighted by Crippen LogP contribution is 2.32. The Hall–Kier alpha value is -1.94. The van der Waals surface area contributed by atoms with Gasteiger partial charge in [0, 0.05) is 24.7 Å². The fraction of sp³-hybridized carbons (Fsp3) is 0.444. The smallest absolute Gasteiger partial charge is 0.253 e. The van der Waals surface area contributed by atoms with Gasteiger partial charge in [-0.3, -0.25) is 9.36 Å². The number of nitrogens with one attached hydrogen (secondary N) is 1. The summed E-state index contributed by atoms with van der Waals surface area (Å²) in [6, 6.07) is 11.5. The molecule has 2 heterocycles. The van der Waals surface area contributed by atoms with Crippen molar-refractivity contribution in [2.45, 2.75) is 26.8 Å². The van der Waals surface area contributed by atoms with Gasteiger partial charge in [-0.15, -0.1) is 0 Å². The normalized spacial score (nSPS) is 20.7. The van der Waals surface area contributed by atoms with Crippen molar-refractivity contribution in [1.82, 2.24) is 14.9 Å². The molecule has 0 bridgehead atoms. The molecule has 22 heavy (non-hydrogen) atoms. The molecular formula is C18H23N3O. The van der Waals surface area contributed by atoms with Crippen LogP contribution in [0.5, 0.6) is 0 Å². The Morgan fingerprint density at radius 1 is 1.32 bits per heavy atom. The number of nitrogens with zero attached hydrogens (tertiary/aromatic N) is 2. The zero-order chi connectivity index (χ0) is 15.6. The summed E-state index contributed by atoms with van der Waals surface area (Å²) >= 11 is 0. The number of piperidine rings is 1. The lowest BCUT2D eigenvalue weighted by Crippen LogP contribution is -2.45. The second-order valence-corrected chi connectivity index (χ2v) is 6.78. The summed E-state index contributed by atoms with van der Waals surface area (Å²) in [5, 5.41) is 3.43. The van der Waals surface area contributed by atoms with E-state index in [0.717, 1.165) is 37.3 Å². The van der Waals surface area contributed by atoms with E-state index in [1.807, 2.05) is 30.3 Å². The van der Waals surface area contributed by atoms with Gasteiger partial charge in [0.25, 0.3) is 5.56 Å². The van der Waals surface area contributed by atoms with E-state index in [9.17, 15) is 4.79 Å². The largest absolute Gasteiger partial charge is 0.316 e. The van der Waals surface area contributed by atoms with Crippen molar-refractivity contribution >= 4 is 0 Å². The molecule has 2 aromatic rings. The molecule has 0 spiro atoms. The molecule has 0 amide bonds. The minimum absolute atomic E-state index is 0.0307. The third-order valence-electron chi connectivity index (χ3n) is 4.72. The average molecular weight is 297 g/mol. The molecule has 1 aromatic carbocycles. The van der Waals surface area contributed by atoms with Gasteiger partial charge in [0.15, 0.2) is 0 Å². The van der Waals surface area contributed by atoms with E-state index in [1.54, 1.807) is 17.0 Å². The molecule has 0 aliphatic carbocycles. The van der Waals surface area contributed by atoms with E-state index in [4.69, 9.17) is 0 Å². The molecule has 1 aliphatic rings. The molecular weight excluding hydrogens is 274 g/mol. The van der Waals surface area contributed by atoms with Crippen LogP contribution in [0, 0.1) is 11.3 Å². The van der Waals surface area contributed by atoms with Gasteiger partial charge in [-0.25, -0.2) is 4.98 Å². The van der Waals surface area contributed by atoms with Crippen LogP contribution in [0.1, 0.15) is 20.3 Å². The topological polar surface area (TPSA) is 46.9 Å². The minimum Gasteiger partial charge on any atom is -0.316 e. The number of hydrogen-bond donors (Lipinski definition) is 1. The fourth-order valence-electron chi connectivity index (χ4n) is 3.13. The van der Waals surface area contributed by atoms with Gasteiger partial charge in [0.2, 0.25) is 0 Å². The van der Waals surface area contributed by atoms with Crippen molar-refractivity contribution in [3.63, 3.8) is 0 Å². The molecule has 1 atom stereocenters. The van der Waals surface area contributed by atoms with Crippen LogP contribution in [0.25, 0.3) is 11.3 Å². The highest BCUT2D eigenvalue weighted by molar-refractivity contribution is 5.57. The van der Waals surface area contributed by atoms with Crippen molar-refractivity contribution in [3.05, 3.63) is 53.1 Å². The van der Waals surface area contributed by atoms with Gasteiger partial charge < -0.3 is 5.32 Å². The Morgan fingerprint density at radius 3 is 2.77 bits per heavy atom. The van der Waals surface area contributed by atoms with Crippen molar-refractivity contribution < 1.29 is 0 Å². The van der Waals surface area contributed by atoms with Gasteiger partial charge in [-0.2, -0.15) is 0 Å². The SMILES string of the molecule is CC1(C)CNCCC1Cn1cnc(-c2ccccc2)cc1=O. The third-order valence-corrected chi connectivity index (χ3v) is 4.72. The number of benzene rings is 1. The first-order valence-corrected chi connectivity index (χ1v) is 7.89. The van der Waals surface area contributed by atoms with Crippen LogP contribution >= 0.6 is 0 Å². The summed E-state index contributed by atoms with van der Waals surface area (Å²) in [5.74, 6) is 0.496. The Balaban J connectivity index is 1.83. The molecule has 0 radical (unpaired) electrons. The summed E-state index contributed by atoms with van der Waals surface area (Å²) < 4.78 is 1.75. The number of rotatable bonds is 3. The van der Waals surface area contributed by atoms with Gasteiger partial charge in [0.05, 0.1) is 12.0 Å². The Labute approximate surface area is 131 Å². The lowest BCUT2D eigenvalue weighted by atomic mass is 9.74. The van der Waals surface area contributed by atoms with Crippen LogP contribution in [0.2, 0.25) is 0 Å². The minimum atomic E-state index is 0.0307. The molecule has 0 saturated carbocycles. The molecule has 1 unspecified atom stereocenters. The lowest BCUT2D eigenvalue weighted by molar-refractivity contribution is 0.135. The molecule has 1 fully saturated rings. The van der Waals surface area contributed by atoms with Crippen LogP contribution in [0.4, 0.5) is 0 Å². The predicted molar refractivity (Wildman–Crippen MR) is 88.7 cm³/mol. The lowest BCUT2D eigenvalue weighted by Gasteiger charge is -2.39. The Morgan fingerprint density at radius 2 is 2.09 bits per heavy atom. The van der Waals surface area contributed by atoms with Crippen LogP contribution in [-0.4, -0.2) is 22.6 Å². The van der Waals surface area contributed by atoms with E-state index in [1.165, 1.54) is 0 Å². The predicted octanol–water partition coefficient (Wildman–Crippen LogP) is 2.55. The van der Waals surface area contributed by atoms with Gasteiger partial charge in [-0.1, -0.05) is 44.2 Å². The van der Waals surface area contributed by atoms with Crippen LogP contribution in [0.3, 0.4) is 0 Å². The summed E-state index contributed by atoms with van der Waals surface area (Å²) in [5.41, 5.74) is 1.96. The second kappa shape index (κ2) is 6.05. The van der Waals surface area contributed by atoms with Gasteiger partial charge >= 0.3 is 0 Å². The first-order chi connectivity index (χ1) is 10.6. The third kappa shape index (κ3) is 3.12. The maximum absolute atomic E-state index is 12.4. The number of aromatic nitrogens is 2. The summed E-state index contributed by atoms with van der Waals surface area (Å²) in [6.45, 7) is 7.30. The first-order valence-electron chi connectivity index (χ1n) is 7.89. The zero-order valence-corrected chi connectivity index (χ0v) is 13.2. The summed E-state index contributed by atoms with van der Waals surface area (Å²) in [7, 11) is 0. The quantitative estimate of drug-likeness (QED) is 0.947. The van der Waals surface area contributed by atoms with E-state index < -0.39 is 0 Å². The highest BCUT2D eigenvalue weighted by Gasteiger charge is 2.32. The highest BCUT2D eigenvalue weighted by atomic mass is 16.1. The van der Waals surface area contributed by atoms with Crippen molar-refractivity contribution in [3.8, 4) is 11.3 Å². The standard InChI is InChI=1S/C18H23N3O/c1-18(2)12-19-9-8-15(18)11-21-13-20-16(10-17(21)22)14-6-4-3-5-7-14/h3-7,10,13,15,19H,8-9,11-12H2,1-2H3. The Bertz CT molecular complexity index is 691. The molecule has 3 rings (SSSR count). The van der Waals surface area contributed by atoms with E-state index in [-0.39, 0.29) is 11.0 Å². The Kier molecular flexibility index (Phi) is 4.12. The van der Waals surface area contributed by atoms with Crippen molar-refractivity contribution in [2.24, 2.45) is 11.3 Å². The van der Waals surface area contributed by atoms with Crippen molar-refractivity contribution in [2.75, 3.05) is 13.1 Å². The van der Waals surface area contributed by atoms with E-state index in [0.29, 0.717) is 5.92 Å². The molecule has 1 N–H and O–H groups in total. The molecule has 1 aliphatic heterocycles. The molecule has 1 aromatic heterocycles. The van der Waals surface area contributed by atoms with E-state index >= 15 is 0 Å². The molecule has 1 saturated heterocycles. The number of hydrogen-bond acceptors (Lipinski definition) is 3. The summed E-state index contributed by atoms with van der Waals surface area (Å²) in [4.78, 5) is 16.9. The van der Waals surface area contributed by atoms with Crippen LogP contribution < -0.4 is 10.9 Å². The monoisotopic (exact) mass is 297 g/mol. The van der Waals surface area contributed by atoms with Gasteiger partial charge in [-0.05, 0) is 24.3 Å². The maximum atomic E-state index is 12.4. The van der Waals surface area contributed by atoms with Crippen molar-refractivity contribution in [1.29, 1.82) is 0 Å². The summed E-state index contributed by atoms with van der Waals surface area (Å²) in [6.07, 6.45) is 2.79. The maximum Gasteiger partial charge on any atom is 0.253 e. The van der Waals surface area contributed by atoms with Crippen LogP contribution in [-0.2, 0) is 6.54 Å². The fourth-order valence-corrected chi connectivity index (χ4v) is 3.13. The molecule has 4 heteroatoms. The molecule has 4 nitrogen and oxygen atoms in total. The zero-order valence-electron chi connectivity index (χ0n) is 13.2.